The van der Waals surface area contributed by atoms with Gasteiger partial charge in [-0.25, -0.2) is 4.79 Å². The van der Waals surface area contributed by atoms with Crippen molar-refractivity contribution in [3.05, 3.63) is 87.2 Å². The van der Waals surface area contributed by atoms with E-state index in [0.717, 1.165) is 21.5 Å². The zero-order chi connectivity index (χ0) is 25.3. The first-order chi connectivity index (χ1) is 16.7. The molecule has 4 rings (SSSR count). The Morgan fingerprint density at radius 3 is 2.49 bits per heavy atom. The van der Waals surface area contributed by atoms with Crippen LogP contribution < -0.4 is 10.2 Å². The van der Waals surface area contributed by atoms with Gasteiger partial charge in [0.1, 0.15) is 5.57 Å². The van der Waals surface area contributed by atoms with Crippen LogP contribution in [0.25, 0.3) is 11.8 Å². The van der Waals surface area contributed by atoms with Crippen LogP contribution in [0, 0.1) is 13.8 Å². The van der Waals surface area contributed by atoms with Gasteiger partial charge in [-0.15, -0.1) is 0 Å². The summed E-state index contributed by atoms with van der Waals surface area (Å²) in [6, 6.07) is 16.1. The number of halogens is 1. The van der Waals surface area contributed by atoms with Crippen molar-refractivity contribution in [3.8, 4) is 5.69 Å². The molecule has 1 aliphatic rings. The van der Waals surface area contributed by atoms with Crippen LogP contribution in [0.3, 0.4) is 0 Å². The van der Waals surface area contributed by atoms with Crippen molar-refractivity contribution in [2.75, 3.05) is 11.5 Å². The number of benzene rings is 2. The molecule has 0 unspecified atom stereocenters. The van der Waals surface area contributed by atoms with Crippen molar-refractivity contribution in [1.82, 2.24) is 9.88 Å². The number of amides is 2. The van der Waals surface area contributed by atoms with Crippen LogP contribution in [0.5, 0.6) is 0 Å². The van der Waals surface area contributed by atoms with Gasteiger partial charge in [0, 0.05) is 21.5 Å². The number of anilines is 1. The van der Waals surface area contributed by atoms with Crippen LogP contribution in [0.4, 0.5) is 5.69 Å². The molecule has 9 heteroatoms. The molecule has 0 bridgehead atoms. The number of nitrogens with zero attached hydrogens (tertiary/aromatic N) is 2. The molecule has 0 saturated carbocycles. The van der Waals surface area contributed by atoms with Crippen molar-refractivity contribution in [3.63, 3.8) is 0 Å². The van der Waals surface area contributed by atoms with E-state index in [2.05, 4.69) is 21.2 Å². The topological polar surface area (TPSA) is 80.6 Å². The second kappa shape index (κ2) is 9.97. The summed E-state index contributed by atoms with van der Waals surface area (Å²) in [5.74, 6) is -1.45. The first-order valence-corrected chi connectivity index (χ1v) is 12.0. The maximum Gasteiger partial charge on any atom is 0.338 e. The Morgan fingerprint density at radius 1 is 1.09 bits per heavy atom. The van der Waals surface area contributed by atoms with Gasteiger partial charge in [0.05, 0.1) is 17.9 Å². The van der Waals surface area contributed by atoms with Crippen molar-refractivity contribution >= 4 is 62.8 Å². The lowest BCUT2D eigenvalue weighted by atomic mass is 10.1. The Bertz CT molecular complexity index is 1390. The van der Waals surface area contributed by atoms with Gasteiger partial charge in [-0.05, 0) is 93.2 Å². The highest BCUT2D eigenvalue weighted by Crippen LogP contribution is 2.27. The van der Waals surface area contributed by atoms with E-state index >= 15 is 0 Å². The lowest BCUT2D eigenvalue weighted by molar-refractivity contribution is -0.122. The average Bonchev–Trinajstić information content (AvgIpc) is 3.10. The highest BCUT2D eigenvalue weighted by Gasteiger charge is 2.34. The summed E-state index contributed by atoms with van der Waals surface area (Å²) in [4.78, 5) is 39.5. The van der Waals surface area contributed by atoms with Gasteiger partial charge in [-0.3, -0.25) is 19.8 Å². The Morgan fingerprint density at radius 2 is 1.80 bits per heavy atom. The summed E-state index contributed by atoms with van der Waals surface area (Å²) >= 11 is 8.65. The predicted octanol–water partition coefficient (Wildman–Crippen LogP) is 4.86. The fraction of sp³-hybridized carbons (Fsp3) is 0.154. The fourth-order valence-corrected chi connectivity index (χ4v) is 4.50. The van der Waals surface area contributed by atoms with Gasteiger partial charge >= 0.3 is 5.97 Å². The van der Waals surface area contributed by atoms with Crippen LogP contribution in [0.1, 0.15) is 34.2 Å². The highest BCUT2D eigenvalue weighted by atomic mass is 79.9. The molecule has 1 aromatic heterocycles. The minimum atomic E-state index is -0.553. The summed E-state index contributed by atoms with van der Waals surface area (Å²) in [5.41, 5.74) is 4.12. The molecule has 0 spiro atoms. The summed E-state index contributed by atoms with van der Waals surface area (Å²) in [6.45, 7) is 5.85. The number of nitrogens with one attached hydrogen (secondary N) is 1. The number of carbonyl (C=O) groups excluding carboxylic acids is 3. The molecule has 0 aliphatic carbocycles. The van der Waals surface area contributed by atoms with E-state index < -0.39 is 17.8 Å². The van der Waals surface area contributed by atoms with Crippen LogP contribution in [0.15, 0.2) is 64.6 Å². The summed E-state index contributed by atoms with van der Waals surface area (Å²) in [6.07, 6.45) is 1.57. The summed E-state index contributed by atoms with van der Waals surface area (Å²) in [7, 11) is 0. The standard InChI is InChI=1S/C26H22BrN3O4S/c1-4-34-25(33)17-6-5-7-21(13-17)29-15(2)12-18(16(29)3)14-22-23(31)28-26(35)30(24(22)32)20-10-8-19(27)9-11-20/h5-14H,4H2,1-3H3,(H,28,31,35)/b22-14+. The number of hydrogen-bond donors (Lipinski definition) is 1. The molecule has 1 N–H and O–H groups in total. The zero-order valence-electron chi connectivity index (χ0n) is 19.3. The van der Waals surface area contributed by atoms with E-state index in [1.165, 1.54) is 4.90 Å². The first kappa shape index (κ1) is 24.6. The number of ether oxygens (including phenoxy) is 1. The van der Waals surface area contributed by atoms with Gasteiger partial charge < -0.3 is 9.30 Å². The van der Waals surface area contributed by atoms with E-state index in [4.69, 9.17) is 17.0 Å². The minimum Gasteiger partial charge on any atom is -0.462 e. The van der Waals surface area contributed by atoms with Gasteiger partial charge in [-0.1, -0.05) is 22.0 Å². The molecule has 1 aliphatic heterocycles. The second-order valence-corrected chi connectivity index (χ2v) is 9.17. The molecule has 1 fully saturated rings. The zero-order valence-corrected chi connectivity index (χ0v) is 21.7. The van der Waals surface area contributed by atoms with Crippen LogP contribution in [-0.4, -0.2) is 34.1 Å². The number of esters is 1. The largest absolute Gasteiger partial charge is 0.462 e. The molecule has 2 aromatic carbocycles. The molecule has 0 atom stereocenters. The molecule has 2 heterocycles. The lowest BCUT2D eigenvalue weighted by Gasteiger charge is -2.29. The fourth-order valence-electron chi connectivity index (χ4n) is 3.96. The number of aryl methyl sites for hydroxylation is 1. The van der Waals surface area contributed by atoms with Crippen LogP contribution in [0.2, 0.25) is 0 Å². The van der Waals surface area contributed by atoms with Crippen molar-refractivity contribution in [1.29, 1.82) is 0 Å². The monoisotopic (exact) mass is 551 g/mol. The van der Waals surface area contributed by atoms with Crippen molar-refractivity contribution < 1.29 is 19.1 Å². The maximum absolute atomic E-state index is 13.3. The maximum atomic E-state index is 13.3. The normalized spacial score (nSPS) is 14.9. The quantitative estimate of drug-likeness (QED) is 0.212. The average molecular weight is 552 g/mol. The van der Waals surface area contributed by atoms with Crippen molar-refractivity contribution in [2.24, 2.45) is 0 Å². The summed E-state index contributed by atoms with van der Waals surface area (Å²) in [5, 5.41) is 2.64. The first-order valence-electron chi connectivity index (χ1n) is 10.8. The molecule has 0 radical (unpaired) electrons. The smallest absolute Gasteiger partial charge is 0.338 e. The number of thiocarbonyl (C=S) groups is 1. The Kier molecular flexibility index (Phi) is 7.00. The third-order valence-corrected chi connectivity index (χ3v) is 6.39. The summed E-state index contributed by atoms with van der Waals surface area (Å²) < 4.78 is 7.93. The van der Waals surface area contributed by atoms with Crippen molar-refractivity contribution in [2.45, 2.75) is 20.8 Å². The third kappa shape index (κ3) is 4.82. The van der Waals surface area contributed by atoms with Gasteiger partial charge in [-0.2, -0.15) is 0 Å². The molecular formula is C26H22BrN3O4S. The number of rotatable bonds is 5. The number of carbonyl (C=O) groups is 3. The molecule has 2 amide bonds. The van der Waals surface area contributed by atoms with Crippen LogP contribution >= 0.6 is 28.1 Å². The highest BCUT2D eigenvalue weighted by molar-refractivity contribution is 9.10. The molecule has 35 heavy (non-hydrogen) atoms. The minimum absolute atomic E-state index is 0.0259. The van der Waals surface area contributed by atoms with E-state index in [-0.39, 0.29) is 10.7 Å². The predicted molar refractivity (Wildman–Crippen MR) is 142 cm³/mol. The molecule has 178 valence electrons. The SMILES string of the molecule is CCOC(=O)c1cccc(-n2c(C)cc(/C=C3\C(=O)NC(=S)N(c4ccc(Br)cc4)C3=O)c2C)c1. The molecule has 7 nitrogen and oxygen atoms in total. The Labute approximate surface area is 216 Å². The Balaban J connectivity index is 1.73. The van der Waals surface area contributed by atoms with Gasteiger partial charge in [0.15, 0.2) is 5.11 Å². The van der Waals surface area contributed by atoms with E-state index in [1.807, 2.05) is 30.5 Å². The second-order valence-electron chi connectivity index (χ2n) is 7.87. The van der Waals surface area contributed by atoms with E-state index in [0.29, 0.717) is 23.4 Å². The number of aromatic nitrogens is 1. The van der Waals surface area contributed by atoms with Gasteiger partial charge in [0.2, 0.25) is 0 Å². The molecular weight excluding hydrogens is 530 g/mol. The van der Waals surface area contributed by atoms with Gasteiger partial charge in [0.25, 0.3) is 11.8 Å². The lowest BCUT2D eigenvalue weighted by Crippen LogP contribution is -2.54. The Hall–Kier alpha value is -3.56. The molecule has 1 saturated heterocycles. The van der Waals surface area contributed by atoms with E-state index in [9.17, 15) is 14.4 Å². The van der Waals surface area contributed by atoms with E-state index in [1.54, 1.807) is 55.5 Å². The molecule has 3 aromatic rings. The number of hydrogen-bond acceptors (Lipinski definition) is 5. The third-order valence-electron chi connectivity index (χ3n) is 5.57. The van der Waals surface area contributed by atoms with Crippen LogP contribution in [-0.2, 0) is 14.3 Å².